The molecule has 0 spiro atoms. The van der Waals surface area contributed by atoms with Crippen molar-refractivity contribution in [2.24, 2.45) is 17.3 Å². The van der Waals surface area contributed by atoms with Crippen LogP contribution in [-0.4, -0.2) is 48.9 Å². The normalized spacial score (nSPS) is 37.3. The first-order chi connectivity index (χ1) is 12.8. The number of benzene rings is 1. The molecule has 0 aromatic heterocycles. The number of aryl methyl sites for hydroxylation is 1. The number of nitrogens with zero attached hydrogens (tertiary/aromatic N) is 2. The third kappa shape index (κ3) is 3.55. The van der Waals surface area contributed by atoms with Crippen LogP contribution >= 0.6 is 0 Å². The van der Waals surface area contributed by atoms with Crippen LogP contribution in [0.2, 0.25) is 0 Å². The van der Waals surface area contributed by atoms with Gasteiger partial charge in [0, 0.05) is 31.6 Å². The van der Waals surface area contributed by atoms with Gasteiger partial charge in [0.1, 0.15) is 0 Å². The van der Waals surface area contributed by atoms with Crippen LogP contribution in [0, 0.1) is 24.2 Å². The van der Waals surface area contributed by atoms with E-state index in [1.165, 1.54) is 30.4 Å². The van der Waals surface area contributed by atoms with Crippen LogP contribution in [0.15, 0.2) is 24.3 Å². The molecule has 1 saturated heterocycles. The number of carbonyl (C=O) groups is 1. The molecule has 3 fully saturated rings. The highest BCUT2D eigenvalue weighted by Gasteiger charge is 2.54. The molecule has 4 rings (SSSR count). The van der Waals surface area contributed by atoms with E-state index in [9.17, 15) is 4.79 Å². The molecule has 2 bridgehead atoms. The molecule has 0 radical (unpaired) electrons. The van der Waals surface area contributed by atoms with Crippen molar-refractivity contribution in [3.8, 4) is 0 Å². The molecule has 1 amide bonds. The average molecular weight is 369 g/mol. The Hall–Kier alpha value is -1.35. The van der Waals surface area contributed by atoms with Crippen molar-refractivity contribution < 1.29 is 4.79 Å². The van der Waals surface area contributed by atoms with Gasteiger partial charge in [0.05, 0.1) is 0 Å². The predicted molar refractivity (Wildman–Crippen MR) is 111 cm³/mol. The molecule has 2 aliphatic carbocycles. The van der Waals surface area contributed by atoms with Gasteiger partial charge in [-0.1, -0.05) is 43.7 Å². The Balaban J connectivity index is 1.63. The highest BCUT2D eigenvalue weighted by atomic mass is 16.2. The molecule has 4 unspecified atom stereocenters. The third-order valence-corrected chi connectivity index (χ3v) is 7.59. The van der Waals surface area contributed by atoms with Crippen molar-refractivity contribution in [1.29, 1.82) is 0 Å². The SMILES string of the molecule is Cc1ccc(C23CC(C)CC(CC(C)(C(=O)N4CCN(C)CC4)C2)C3)cc1. The molecule has 1 heterocycles. The van der Waals surface area contributed by atoms with Crippen molar-refractivity contribution in [2.75, 3.05) is 33.2 Å². The molecule has 1 aromatic rings. The third-order valence-electron chi connectivity index (χ3n) is 7.59. The van der Waals surface area contributed by atoms with Crippen LogP contribution < -0.4 is 0 Å². The quantitative estimate of drug-likeness (QED) is 0.779. The standard InChI is InChI=1S/C24H36N2O/c1-18-5-7-21(8-6-18)24-14-19(2)13-20(16-24)15-23(3,17-24)22(27)26-11-9-25(4)10-12-26/h5-8,19-20H,9-17H2,1-4H3. The van der Waals surface area contributed by atoms with Crippen LogP contribution in [0.3, 0.4) is 0 Å². The highest BCUT2D eigenvalue weighted by molar-refractivity contribution is 5.83. The molecule has 27 heavy (non-hydrogen) atoms. The zero-order chi connectivity index (χ0) is 19.2. The fourth-order valence-electron chi connectivity index (χ4n) is 6.59. The summed E-state index contributed by atoms with van der Waals surface area (Å²) in [5.74, 6) is 1.87. The maximum atomic E-state index is 13.6. The molecule has 2 saturated carbocycles. The lowest BCUT2D eigenvalue weighted by molar-refractivity contribution is -0.149. The first-order valence-corrected chi connectivity index (χ1v) is 10.8. The van der Waals surface area contributed by atoms with Crippen molar-refractivity contribution in [2.45, 2.75) is 58.3 Å². The molecular formula is C24H36N2O. The summed E-state index contributed by atoms with van der Waals surface area (Å²) in [7, 11) is 2.16. The van der Waals surface area contributed by atoms with E-state index in [2.05, 4.69) is 61.9 Å². The van der Waals surface area contributed by atoms with Crippen LogP contribution in [0.25, 0.3) is 0 Å². The van der Waals surface area contributed by atoms with Crippen LogP contribution in [-0.2, 0) is 10.2 Å². The van der Waals surface area contributed by atoms with Gasteiger partial charge in [-0.2, -0.15) is 0 Å². The number of amides is 1. The van der Waals surface area contributed by atoms with Crippen molar-refractivity contribution in [3.63, 3.8) is 0 Å². The monoisotopic (exact) mass is 368 g/mol. The lowest BCUT2D eigenvalue weighted by atomic mass is 9.50. The Morgan fingerprint density at radius 2 is 1.70 bits per heavy atom. The summed E-state index contributed by atoms with van der Waals surface area (Å²) in [5, 5.41) is 0. The molecule has 148 valence electrons. The van der Waals surface area contributed by atoms with E-state index in [4.69, 9.17) is 0 Å². The van der Waals surface area contributed by atoms with Crippen molar-refractivity contribution >= 4 is 5.91 Å². The van der Waals surface area contributed by atoms with Crippen molar-refractivity contribution in [3.05, 3.63) is 35.4 Å². The first kappa shape index (κ1) is 19.0. The number of carbonyl (C=O) groups excluding carboxylic acids is 1. The Kier molecular flexibility index (Phi) is 4.86. The number of rotatable bonds is 2. The Morgan fingerprint density at radius 3 is 2.37 bits per heavy atom. The topological polar surface area (TPSA) is 23.6 Å². The Labute approximate surface area is 165 Å². The van der Waals surface area contributed by atoms with E-state index in [0.29, 0.717) is 11.8 Å². The van der Waals surface area contributed by atoms with E-state index >= 15 is 0 Å². The Bertz CT molecular complexity index is 687. The van der Waals surface area contributed by atoms with Crippen LogP contribution in [0.1, 0.15) is 57.1 Å². The predicted octanol–water partition coefficient (Wildman–Crippen LogP) is 4.24. The molecule has 0 N–H and O–H groups in total. The second-order valence-electron chi connectivity index (χ2n) is 10.3. The fraction of sp³-hybridized carbons (Fsp3) is 0.708. The van der Waals surface area contributed by atoms with E-state index < -0.39 is 0 Å². The van der Waals surface area contributed by atoms with E-state index in [0.717, 1.165) is 44.9 Å². The van der Waals surface area contributed by atoms with Crippen LogP contribution in [0.5, 0.6) is 0 Å². The Morgan fingerprint density at radius 1 is 1.04 bits per heavy atom. The number of hydrogen-bond acceptors (Lipinski definition) is 2. The number of hydrogen-bond donors (Lipinski definition) is 0. The second kappa shape index (κ2) is 6.92. The first-order valence-electron chi connectivity index (χ1n) is 10.8. The average Bonchev–Trinajstić information content (AvgIpc) is 2.61. The van der Waals surface area contributed by atoms with Gasteiger partial charge in [-0.05, 0) is 68.9 Å². The molecule has 3 nitrogen and oxygen atoms in total. The summed E-state index contributed by atoms with van der Waals surface area (Å²) in [4.78, 5) is 18.1. The summed E-state index contributed by atoms with van der Waals surface area (Å²) >= 11 is 0. The minimum atomic E-state index is -0.205. The van der Waals surface area contributed by atoms with Gasteiger partial charge in [0.2, 0.25) is 5.91 Å². The molecule has 1 aliphatic heterocycles. The summed E-state index contributed by atoms with van der Waals surface area (Å²) in [6.45, 7) is 10.7. The summed E-state index contributed by atoms with van der Waals surface area (Å²) < 4.78 is 0. The lowest BCUT2D eigenvalue weighted by Crippen LogP contribution is -2.56. The van der Waals surface area contributed by atoms with Gasteiger partial charge < -0.3 is 9.80 Å². The minimum Gasteiger partial charge on any atom is -0.340 e. The number of likely N-dealkylation sites (N-methyl/N-ethyl adjacent to an activating group) is 1. The lowest BCUT2D eigenvalue weighted by Gasteiger charge is -2.55. The summed E-state index contributed by atoms with van der Waals surface area (Å²) in [5.41, 5.74) is 2.78. The molecule has 3 aliphatic rings. The van der Waals surface area contributed by atoms with Gasteiger partial charge in [-0.25, -0.2) is 0 Å². The molecule has 4 atom stereocenters. The number of fused-ring (bicyclic) bond motifs is 2. The van der Waals surface area contributed by atoms with E-state index in [1.807, 2.05) is 0 Å². The van der Waals surface area contributed by atoms with E-state index in [-0.39, 0.29) is 10.8 Å². The fourth-order valence-corrected chi connectivity index (χ4v) is 6.59. The van der Waals surface area contributed by atoms with Gasteiger partial charge in [-0.3, -0.25) is 4.79 Å². The second-order valence-corrected chi connectivity index (χ2v) is 10.3. The van der Waals surface area contributed by atoms with Crippen LogP contribution in [0.4, 0.5) is 0 Å². The zero-order valence-electron chi connectivity index (χ0n) is 17.6. The summed E-state index contributed by atoms with van der Waals surface area (Å²) in [6.07, 6.45) is 5.90. The zero-order valence-corrected chi connectivity index (χ0v) is 17.6. The number of piperazine rings is 1. The molecule has 3 heteroatoms. The van der Waals surface area contributed by atoms with Crippen molar-refractivity contribution in [1.82, 2.24) is 9.80 Å². The van der Waals surface area contributed by atoms with E-state index in [1.54, 1.807) is 0 Å². The molecular weight excluding hydrogens is 332 g/mol. The minimum absolute atomic E-state index is 0.186. The maximum Gasteiger partial charge on any atom is 0.228 e. The van der Waals surface area contributed by atoms with Gasteiger partial charge in [-0.15, -0.1) is 0 Å². The molecule has 1 aromatic carbocycles. The highest BCUT2D eigenvalue weighted by Crippen LogP contribution is 2.58. The largest absolute Gasteiger partial charge is 0.340 e. The smallest absolute Gasteiger partial charge is 0.228 e. The van der Waals surface area contributed by atoms with Gasteiger partial charge >= 0.3 is 0 Å². The van der Waals surface area contributed by atoms with Gasteiger partial charge in [0.15, 0.2) is 0 Å². The van der Waals surface area contributed by atoms with Gasteiger partial charge in [0.25, 0.3) is 0 Å². The summed E-state index contributed by atoms with van der Waals surface area (Å²) in [6, 6.07) is 9.20. The maximum absolute atomic E-state index is 13.6.